The molecule has 0 saturated heterocycles. The molecule has 0 bridgehead atoms. The number of benzene rings is 1. The summed E-state index contributed by atoms with van der Waals surface area (Å²) in [7, 11) is -0.631. The van der Waals surface area contributed by atoms with Gasteiger partial charge in [-0.25, -0.2) is 8.42 Å². The van der Waals surface area contributed by atoms with E-state index in [0.717, 1.165) is 0 Å². The molecule has 0 aliphatic heterocycles. The Morgan fingerprint density at radius 1 is 1.29 bits per heavy atom. The SMILES string of the molecule is Cc1cc(NS(=O)(=O)c2cccc(C(=O)N(C)C)c2)no1. The fourth-order valence-corrected chi connectivity index (χ4v) is 2.69. The van der Waals surface area contributed by atoms with E-state index in [0.29, 0.717) is 11.3 Å². The van der Waals surface area contributed by atoms with Crippen LogP contribution in [0.15, 0.2) is 39.8 Å². The van der Waals surface area contributed by atoms with Crippen LogP contribution in [-0.4, -0.2) is 38.5 Å². The molecule has 0 radical (unpaired) electrons. The van der Waals surface area contributed by atoms with Gasteiger partial charge in [0.25, 0.3) is 15.9 Å². The Morgan fingerprint density at radius 2 is 2.00 bits per heavy atom. The van der Waals surface area contributed by atoms with E-state index in [1.807, 2.05) is 0 Å². The number of carbonyl (C=O) groups excluding carboxylic acids is 1. The molecule has 1 N–H and O–H groups in total. The van der Waals surface area contributed by atoms with Crippen LogP contribution < -0.4 is 4.72 Å². The summed E-state index contributed by atoms with van der Waals surface area (Å²) in [6.45, 7) is 1.65. The third-order valence-electron chi connectivity index (χ3n) is 2.66. The minimum Gasteiger partial charge on any atom is -0.360 e. The Labute approximate surface area is 122 Å². The number of aromatic nitrogens is 1. The van der Waals surface area contributed by atoms with Crippen molar-refractivity contribution < 1.29 is 17.7 Å². The van der Waals surface area contributed by atoms with Crippen LogP contribution in [0.4, 0.5) is 5.82 Å². The highest BCUT2D eigenvalue weighted by atomic mass is 32.2. The van der Waals surface area contributed by atoms with Crippen LogP contribution in [0.25, 0.3) is 0 Å². The fourth-order valence-electron chi connectivity index (χ4n) is 1.67. The lowest BCUT2D eigenvalue weighted by molar-refractivity contribution is 0.0827. The summed E-state index contributed by atoms with van der Waals surface area (Å²) in [5.74, 6) is 0.311. The lowest BCUT2D eigenvalue weighted by atomic mass is 10.2. The van der Waals surface area contributed by atoms with Crippen LogP contribution in [0.3, 0.4) is 0 Å². The van der Waals surface area contributed by atoms with E-state index < -0.39 is 10.0 Å². The highest BCUT2D eigenvalue weighted by Gasteiger charge is 2.18. The standard InChI is InChI=1S/C13H15N3O4S/c1-9-7-12(14-20-9)15-21(18,19)11-6-4-5-10(8-11)13(17)16(2)3/h4-8H,1-3H3,(H,14,15). The maximum Gasteiger partial charge on any atom is 0.263 e. The zero-order chi connectivity index (χ0) is 15.6. The normalized spacial score (nSPS) is 11.2. The van der Waals surface area contributed by atoms with Gasteiger partial charge in [-0.15, -0.1) is 0 Å². The zero-order valence-electron chi connectivity index (χ0n) is 11.8. The first-order valence-electron chi connectivity index (χ1n) is 6.07. The monoisotopic (exact) mass is 309 g/mol. The highest BCUT2D eigenvalue weighted by molar-refractivity contribution is 7.92. The van der Waals surface area contributed by atoms with Crippen LogP contribution >= 0.6 is 0 Å². The zero-order valence-corrected chi connectivity index (χ0v) is 12.6. The first-order chi connectivity index (χ1) is 9.79. The molecule has 1 aromatic carbocycles. The van der Waals surface area contributed by atoms with E-state index in [2.05, 4.69) is 9.88 Å². The van der Waals surface area contributed by atoms with E-state index in [4.69, 9.17) is 4.52 Å². The molecule has 7 nitrogen and oxygen atoms in total. The molecular formula is C13H15N3O4S. The van der Waals surface area contributed by atoms with Crippen molar-refractivity contribution in [1.29, 1.82) is 0 Å². The number of nitrogens with zero attached hydrogens (tertiary/aromatic N) is 2. The van der Waals surface area contributed by atoms with Gasteiger partial charge in [0.1, 0.15) is 5.76 Å². The van der Waals surface area contributed by atoms with Gasteiger partial charge in [0.2, 0.25) is 0 Å². The molecule has 112 valence electrons. The molecule has 8 heteroatoms. The van der Waals surface area contributed by atoms with Gasteiger partial charge < -0.3 is 9.42 Å². The van der Waals surface area contributed by atoms with Gasteiger partial charge in [0, 0.05) is 25.7 Å². The number of carbonyl (C=O) groups is 1. The van der Waals surface area contributed by atoms with Crippen molar-refractivity contribution in [1.82, 2.24) is 10.1 Å². The smallest absolute Gasteiger partial charge is 0.263 e. The van der Waals surface area contributed by atoms with Crippen molar-refractivity contribution in [2.24, 2.45) is 0 Å². The third kappa shape index (κ3) is 3.40. The predicted octanol–water partition coefficient (Wildman–Crippen LogP) is 1.49. The van der Waals surface area contributed by atoms with Gasteiger partial charge in [-0.2, -0.15) is 0 Å². The number of anilines is 1. The molecular weight excluding hydrogens is 294 g/mol. The van der Waals surface area contributed by atoms with Crippen molar-refractivity contribution in [3.8, 4) is 0 Å². The number of amides is 1. The highest BCUT2D eigenvalue weighted by Crippen LogP contribution is 2.17. The molecule has 0 atom stereocenters. The predicted molar refractivity (Wildman–Crippen MR) is 76.5 cm³/mol. The molecule has 0 spiro atoms. The summed E-state index contributed by atoms with van der Waals surface area (Å²) in [5, 5.41) is 3.57. The third-order valence-corrected chi connectivity index (χ3v) is 4.02. The number of hydrogen-bond donors (Lipinski definition) is 1. The van der Waals surface area contributed by atoms with Gasteiger partial charge >= 0.3 is 0 Å². The van der Waals surface area contributed by atoms with Crippen molar-refractivity contribution in [3.63, 3.8) is 0 Å². The molecule has 0 aliphatic carbocycles. The van der Waals surface area contributed by atoms with Crippen LogP contribution in [0.1, 0.15) is 16.1 Å². The lowest BCUT2D eigenvalue weighted by Crippen LogP contribution is -2.22. The molecule has 1 heterocycles. The Kier molecular flexibility index (Phi) is 3.99. The van der Waals surface area contributed by atoms with Crippen LogP contribution in [0, 0.1) is 6.92 Å². The van der Waals surface area contributed by atoms with Crippen LogP contribution in [0.5, 0.6) is 0 Å². The number of hydrogen-bond acceptors (Lipinski definition) is 5. The van der Waals surface area contributed by atoms with Crippen molar-refractivity contribution in [3.05, 3.63) is 41.7 Å². The molecule has 0 fully saturated rings. The van der Waals surface area contributed by atoms with E-state index in [1.165, 1.54) is 29.2 Å². The Hall–Kier alpha value is -2.35. The summed E-state index contributed by atoms with van der Waals surface area (Å²) < 4.78 is 31.6. The van der Waals surface area contributed by atoms with E-state index in [-0.39, 0.29) is 16.6 Å². The molecule has 1 amide bonds. The Balaban J connectivity index is 2.32. The van der Waals surface area contributed by atoms with Crippen LogP contribution in [-0.2, 0) is 10.0 Å². The quantitative estimate of drug-likeness (QED) is 0.923. The van der Waals surface area contributed by atoms with E-state index in [9.17, 15) is 13.2 Å². The van der Waals surface area contributed by atoms with Gasteiger partial charge in [-0.1, -0.05) is 11.2 Å². The fraction of sp³-hybridized carbons (Fsp3) is 0.231. The molecule has 1 aromatic heterocycles. The van der Waals surface area contributed by atoms with Gasteiger partial charge in [-0.05, 0) is 25.1 Å². The second-order valence-electron chi connectivity index (χ2n) is 4.66. The number of nitrogens with one attached hydrogen (secondary N) is 1. The summed E-state index contributed by atoms with van der Waals surface area (Å²) in [5.41, 5.74) is 0.291. The lowest BCUT2D eigenvalue weighted by Gasteiger charge is -2.11. The first kappa shape index (κ1) is 15.0. The molecule has 0 unspecified atom stereocenters. The largest absolute Gasteiger partial charge is 0.360 e. The van der Waals surface area contributed by atoms with Crippen molar-refractivity contribution in [2.75, 3.05) is 18.8 Å². The van der Waals surface area contributed by atoms with E-state index in [1.54, 1.807) is 27.1 Å². The first-order valence-corrected chi connectivity index (χ1v) is 7.56. The second-order valence-corrected chi connectivity index (χ2v) is 6.34. The number of rotatable bonds is 4. The maximum absolute atomic E-state index is 12.2. The molecule has 0 aliphatic rings. The Morgan fingerprint density at radius 3 is 2.57 bits per heavy atom. The average Bonchev–Trinajstić information content (AvgIpc) is 2.82. The van der Waals surface area contributed by atoms with Gasteiger partial charge in [0.15, 0.2) is 5.82 Å². The maximum atomic E-state index is 12.2. The molecule has 0 saturated carbocycles. The topological polar surface area (TPSA) is 92.5 Å². The van der Waals surface area contributed by atoms with Crippen molar-refractivity contribution in [2.45, 2.75) is 11.8 Å². The van der Waals surface area contributed by atoms with E-state index >= 15 is 0 Å². The molecule has 21 heavy (non-hydrogen) atoms. The van der Waals surface area contributed by atoms with Crippen LogP contribution in [0.2, 0.25) is 0 Å². The summed E-state index contributed by atoms with van der Waals surface area (Å²) in [4.78, 5) is 13.2. The average molecular weight is 309 g/mol. The number of aryl methyl sites for hydroxylation is 1. The Bertz CT molecular complexity index is 765. The van der Waals surface area contributed by atoms with Gasteiger partial charge in [-0.3, -0.25) is 9.52 Å². The second kappa shape index (κ2) is 5.57. The molecule has 2 aromatic rings. The van der Waals surface area contributed by atoms with Gasteiger partial charge in [0.05, 0.1) is 4.90 Å². The number of sulfonamides is 1. The van der Waals surface area contributed by atoms with Crippen molar-refractivity contribution >= 4 is 21.7 Å². The minimum atomic E-state index is -3.82. The summed E-state index contributed by atoms with van der Waals surface area (Å²) >= 11 is 0. The molecule has 2 rings (SSSR count). The summed E-state index contributed by atoms with van der Waals surface area (Å²) in [6.07, 6.45) is 0. The minimum absolute atomic E-state index is 0.0177. The summed E-state index contributed by atoms with van der Waals surface area (Å²) in [6, 6.07) is 7.26.